The summed E-state index contributed by atoms with van der Waals surface area (Å²) in [6.07, 6.45) is 1.79. The van der Waals surface area contributed by atoms with E-state index in [2.05, 4.69) is 20.5 Å². The van der Waals surface area contributed by atoms with E-state index < -0.39 is 23.1 Å². The Bertz CT molecular complexity index is 1430. The average molecular weight is 525 g/mol. The van der Waals surface area contributed by atoms with Crippen molar-refractivity contribution in [2.75, 3.05) is 26.6 Å². The normalized spacial score (nSPS) is 20.5. The largest absolute Gasteiger partial charge is 0.496 e. The van der Waals surface area contributed by atoms with Crippen LogP contribution in [-0.2, 0) is 16.1 Å². The third-order valence-corrected chi connectivity index (χ3v) is 6.91. The maximum Gasteiger partial charge on any atom is 0.236 e. The highest BCUT2D eigenvalue weighted by molar-refractivity contribution is 6.36. The van der Waals surface area contributed by atoms with Crippen LogP contribution in [0.5, 0.6) is 17.2 Å². The molecule has 2 aliphatic rings. The summed E-state index contributed by atoms with van der Waals surface area (Å²) < 4.78 is 21.9. The second-order valence-electron chi connectivity index (χ2n) is 8.85. The van der Waals surface area contributed by atoms with Gasteiger partial charge in [-0.1, -0.05) is 30.7 Å². The van der Waals surface area contributed by atoms with Crippen molar-refractivity contribution in [1.29, 1.82) is 0 Å². The molecule has 0 amide bonds. The maximum atomic E-state index is 13.6. The van der Waals surface area contributed by atoms with Crippen molar-refractivity contribution in [3.05, 3.63) is 58.5 Å². The molecule has 0 bridgehead atoms. The van der Waals surface area contributed by atoms with E-state index in [1.54, 1.807) is 14.0 Å². The highest BCUT2D eigenvalue weighted by Gasteiger charge is 2.60. The Balaban J connectivity index is 1.42. The fraction of sp³-hybridized carbons (Fsp3) is 0.308. The Morgan fingerprint density at radius 2 is 1.97 bits per heavy atom. The first kappa shape index (κ1) is 24.8. The molecule has 10 nitrogen and oxygen atoms in total. The number of aromatic nitrogens is 3. The fourth-order valence-corrected chi connectivity index (χ4v) is 5.03. The Kier molecular flexibility index (Phi) is 6.38. The average Bonchev–Trinajstić information content (AvgIpc) is 3.48. The number of ketones is 2. The lowest BCUT2D eigenvalue weighted by atomic mass is 9.74. The van der Waals surface area contributed by atoms with Gasteiger partial charge in [-0.15, -0.1) is 0 Å². The molecule has 0 fully saturated rings. The summed E-state index contributed by atoms with van der Waals surface area (Å²) in [6.45, 7) is 2.13. The smallest absolute Gasteiger partial charge is 0.236 e. The van der Waals surface area contributed by atoms with Gasteiger partial charge in [-0.3, -0.25) is 14.7 Å². The number of hydrogen-bond donors (Lipinski definition) is 2. The van der Waals surface area contributed by atoms with Gasteiger partial charge in [0.2, 0.25) is 17.2 Å². The molecule has 1 spiro atoms. The Labute approximate surface area is 217 Å². The van der Waals surface area contributed by atoms with E-state index in [4.69, 9.17) is 30.5 Å². The number of rotatable bonds is 7. The Morgan fingerprint density at radius 3 is 2.68 bits per heavy atom. The monoisotopic (exact) mass is 524 g/mol. The number of benzene rings is 2. The molecule has 2 unspecified atom stereocenters. The number of fused-ring (bicyclic) bond motifs is 1. The number of nitrogens with zero attached hydrogens (tertiary/aromatic N) is 2. The van der Waals surface area contributed by atoms with Crippen molar-refractivity contribution in [2.24, 2.45) is 5.92 Å². The topological polar surface area (TPSA) is 125 Å². The van der Waals surface area contributed by atoms with Crippen molar-refractivity contribution in [2.45, 2.75) is 25.6 Å². The van der Waals surface area contributed by atoms with Gasteiger partial charge in [-0.05, 0) is 18.6 Å². The van der Waals surface area contributed by atoms with Crippen LogP contribution < -0.4 is 19.5 Å². The van der Waals surface area contributed by atoms with Gasteiger partial charge in [-0.25, -0.2) is 4.98 Å². The van der Waals surface area contributed by atoms with Crippen LogP contribution in [0.1, 0.15) is 29.5 Å². The van der Waals surface area contributed by atoms with Crippen molar-refractivity contribution in [1.82, 2.24) is 15.2 Å². The summed E-state index contributed by atoms with van der Waals surface area (Å²) in [6, 6.07) is 9.01. The molecule has 0 saturated heterocycles. The molecule has 5 rings (SSSR count). The molecule has 2 heterocycles. The van der Waals surface area contributed by atoms with Gasteiger partial charge in [0.1, 0.15) is 28.7 Å². The second-order valence-corrected chi connectivity index (χ2v) is 9.23. The van der Waals surface area contributed by atoms with Crippen LogP contribution in [0.4, 0.5) is 5.69 Å². The van der Waals surface area contributed by atoms with E-state index in [9.17, 15) is 9.59 Å². The minimum absolute atomic E-state index is 0.0971. The zero-order valence-electron chi connectivity index (χ0n) is 20.7. The van der Waals surface area contributed by atoms with E-state index in [1.807, 2.05) is 24.3 Å². The summed E-state index contributed by atoms with van der Waals surface area (Å²) in [5.74, 6) is 0.330. The molecule has 37 heavy (non-hydrogen) atoms. The van der Waals surface area contributed by atoms with Crippen molar-refractivity contribution >= 4 is 28.9 Å². The SMILES string of the molecule is COCc1nc(-c2cccc(NC3=CC(=O)C4(Oc5c(Cl)c(OC)cc(OC)c5C4=O)C(C)C3)c2)n[nH]1. The first-order valence-electron chi connectivity index (χ1n) is 11.5. The van der Waals surface area contributed by atoms with Gasteiger partial charge >= 0.3 is 0 Å². The zero-order chi connectivity index (χ0) is 26.3. The van der Waals surface area contributed by atoms with Crippen molar-refractivity contribution in [3.63, 3.8) is 0 Å². The summed E-state index contributed by atoms with van der Waals surface area (Å²) in [5.41, 5.74) is 0.601. The predicted molar refractivity (Wildman–Crippen MR) is 135 cm³/mol. The Morgan fingerprint density at radius 1 is 1.19 bits per heavy atom. The predicted octanol–water partition coefficient (Wildman–Crippen LogP) is 4.21. The molecular formula is C26H25ClN4O6. The number of methoxy groups -OCH3 is 3. The quantitative estimate of drug-likeness (QED) is 0.437. The molecule has 0 radical (unpaired) electrons. The van der Waals surface area contributed by atoms with Crippen molar-refractivity contribution < 1.29 is 28.5 Å². The lowest BCUT2D eigenvalue weighted by Gasteiger charge is -2.35. The first-order chi connectivity index (χ1) is 17.8. The number of anilines is 1. The van der Waals surface area contributed by atoms with E-state index >= 15 is 0 Å². The van der Waals surface area contributed by atoms with E-state index in [0.717, 1.165) is 11.3 Å². The van der Waals surface area contributed by atoms with Gasteiger partial charge < -0.3 is 24.3 Å². The van der Waals surface area contributed by atoms with Crippen LogP contribution in [0.2, 0.25) is 5.02 Å². The molecule has 11 heteroatoms. The molecule has 1 aliphatic heterocycles. The van der Waals surface area contributed by atoms with Crippen LogP contribution in [0.15, 0.2) is 42.1 Å². The number of H-pyrrole nitrogens is 1. The number of nitrogens with one attached hydrogen (secondary N) is 2. The Hall–Kier alpha value is -3.89. The van der Waals surface area contributed by atoms with Crippen LogP contribution in [0, 0.1) is 5.92 Å². The second kappa shape index (κ2) is 9.53. The van der Waals surface area contributed by atoms with Crippen LogP contribution >= 0.6 is 11.6 Å². The lowest BCUT2D eigenvalue weighted by molar-refractivity contribution is -0.129. The minimum Gasteiger partial charge on any atom is -0.496 e. The standard InChI is InChI=1S/C26H25ClN4O6/c1-13-8-16(28-15-7-5-6-14(9-15)25-29-20(12-34-2)30-31-25)10-19(32)26(13)24(33)21-17(35-3)11-18(36-4)22(27)23(21)37-26/h5-7,9-11,13,28H,8,12H2,1-4H3,(H,29,30,31). The number of aromatic amines is 1. The van der Waals surface area contributed by atoms with Gasteiger partial charge in [0.05, 0.1) is 14.2 Å². The lowest BCUT2D eigenvalue weighted by Crippen LogP contribution is -2.55. The number of Topliss-reactive ketones (excluding diaryl/α,β-unsaturated/α-hetero) is 1. The molecule has 1 aliphatic carbocycles. The molecule has 2 aromatic carbocycles. The summed E-state index contributed by atoms with van der Waals surface area (Å²) in [7, 11) is 4.46. The third-order valence-electron chi connectivity index (χ3n) is 6.55. The number of ether oxygens (including phenoxy) is 4. The number of allylic oxidation sites excluding steroid dienone is 1. The number of carbonyl (C=O) groups is 2. The summed E-state index contributed by atoms with van der Waals surface area (Å²) in [4.78, 5) is 31.6. The number of halogens is 1. The molecule has 192 valence electrons. The fourth-order valence-electron chi connectivity index (χ4n) is 4.76. The maximum absolute atomic E-state index is 13.6. The zero-order valence-corrected chi connectivity index (χ0v) is 21.4. The van der Waals surface area contributed by atoms with Gasteiger partial charge in [-0.2, -0.15) is 5.10 Å². The van der Waals surface area contributed by atoms with Gasteiger partial charge in [0.25, 0.3) is 0 Å². The van der Waals surface area contributed by atoms with E-state index in [0.29, 0.717) is 30.4 Å². The highest BCUT2D eigenvalue weighted by atomic mass is 35.5. The molecule has 3 aromatic rings. The number of carbonyl (C=O) groups excluding carboxylic acids is 2. The first-order valence-corrected chi connectivity index (χ1v) is 11.9. The van der Waals surface area contributed by atoms with E-state index in [1.165, 1.54) is 26.4 Å². The molecule has 2 atom stereocenters. The minimum atomic E-state index is -1.73. The molecular weight excluding hydrogens is 500 g/mol. The van der Waals surface area contributed by atoms with E-state index in [-0.39, 0.29) is 27.8 Å². The van der Waals surface area contributed by atoms with Gasteiger partial charge in [0, 0.05) is 42.1 Å². The van der Waals surface area contributed by atoms with Crippen molar-refractivity contribution in [3.8, 4) is 28.6 Å². The highest BCUT2D eigenvalue weighted by Crippen LogP contribution is 2.53. The van der Waals surface area contributed by atoms with Gasteiger partial charge in [0.15, 0.2) is 17.4 Å². The van der Waals surface area contributed by atoms with Crippen LogP contribution in [0.3, 0.4) is 0 Å². The summed E-state index contributed by atoms with van der Waals surface area (Å²) in [5, 5.41) is 10.5. The summed E-state index contributed by atoms with van der Waals surface area (Å²) >= 11 is 6.45. The molecule has 2 N–H and O–H groups in total. The number of hydrogen-bond acceptors (Lipinski definition) is 9. The van der Waals surface area contributed by atoms with Crippen LogP contribution in [-0.4, -0.2) is 53.7 Å². The van der Waals surface area contributed by atoms with Crippen LogP contribution in [0.25, 0.3) is 11.4 Å². The molecule has 0 saturated carbocycles. The third kappa shape index (κ3) is 4.02. The molecule has 1 aromatic heterocycles.